The molecule has 168 valence electrons. The lowest BCUT2D eigenvalue weighted by Crippen LogP contribution is -2.18. The minimum absolute atomic E-state index is 0.226. The first-order valence-electron chi connectivity index (χ1n) is 10.9. The molecule has 0 amide bonds. The molecule has 0 saturated heterocycles. The summed E-state index contributed by atoms with van der Waals surface area (Å²) in [5, 5.41) is 12.7. The van der Waals surface area contributed by atoms with Crippen molar-refractivity contribution in [2.75, 3.05) is 5.32 Å². The Balaban J connectivity index is 1.66. The third-order valence-corrected chi connectivity index (χ3v) is 5.71. The maximum Gasteiger partial charge on any atom is 0.336 e. The number of imidazole rings is 1. The van der Waals surface area contributed by atoms with Gasteiger partial charge in [-0.05, 0) is 59.6 Å². The van der Waals surface area contributed by atoms with E-state index in [9.17, 15) is 9.90 Å². The Labute approximate surface area is 198 Å². The molecule has 0 aliphatic carbocycles. The van der Waals surface area contributed by atoms with Crippen LogP contribution in [0.1, 0.15) is 41.5 Å². The smallest absolute Gasteiger partial charge is 0.336 e. The zero-order valence-corrected chi connectivity index (χ0v) is 19.2. The van der Waals surface area contributed by atoms with Crippen LogP contribution in [0.15, 0.2) is 66.7 Å². The van der Waals surface area contributed by atoms with Crippen LogP contribution in [-0.2, 0) is 13.0 Å². The highest BCUT2D eigenvalue weighted by Crippen LogP contribution is 2.26. The summed E-state index contributed by atoms with van der Waals surface area (Å²) in [7, 11) is 0. The number of carbonyl (C=O) groups is 1. The molecule has 4 aromatic rings. The molecule has 4 rings (SSSR count). The summed E-state index contributed by atoms with van der Waals surface area (Å²) in [4.78, 5) is 16.5. The highest BCUT2D eigenvalue weighted by atomic mass is 32.1. The van der Waals surface area contributed by atoms with E-state index in [2.05, 4.69) is 16.8 Å². The predicted octanol–water partition coefficient (Wildman–Crippen LogP) is 5.45. The number of rotatable bonds is 8. The van der Waals surface area contributed by atoms with Crippen LogP contribution in [0, 0.1) is 0 Å². The van der Waals surface area contributed by atoms with Crippen molar-refractivity contribution in [3.05, 3.63) is 83.7 Å². The van der Waals surface area contributed by atoms with Gasteiger partial charge in [-0.15, -0.1) is 0 Å². The summed E-state index contributed by atoms with van der Waals surface area (Å²) in [6, 6.07) is 21.1. The van der Waals surface area contributed by atoms with Crippen molar-refractivity contribution in [3.63, 3.8) is 0 Å². The topological polar surface area (TPSA) is 93.2 Å². The maximum atomic E-state index is 11.6. The van der Waals surface area contributed by atoms with Crippen molar-refractivity contribution in [3.8, 4) is 11.1 Å². The second kappa shape index (κ2) is 9.83. The Morgan fingerprint density at radius 2 is 1.88 bits per heavy atom. The third kappa shape index (κ3) is 5.04. The van der Waals surface area contributed by atoms with Crippen LogP contribution >= 0.6 is 12.2 Å². The summed E-state index contributed by atoms with van der Waals surface area (Å²) in [6.07, 6.45) is 3.05. The van der Waals surface area contributed by atoms with Crippen LogP contribution in [0.5, 0.6) is 0 Å². The zero-order valence-electron chi connectivity index (χ0n) is 18.4. The number of benzene rings is 3. The van der Waals surface area contributed by atoms with Crippen LogP contribution in [0.4, 0.5) is 5.69 Å². The summed E-state index contributed by atoms with van der Waals surface area (Å²) in [6.45, 7) is 2.85. The molecule has 0 fully saturated rings. The molecule has 6 nitrogen and oxygen atoms in total. The van der Waals surface area contributed by atoms with Gasteiger partial charge in [0.05, 0.1) is 16.6 Å². The molecule has 0 saturated carbocycles. The number of carboxylic acid groups (broad SMARTS) is 1. The molecule has 0 aliphatic rings. The quantitative estimate of drug-likeness (QED) is 0.304. The van der Waals surface area contributed by atoms with E-state index < -0.39 is 5.97 Å². The summed E-state index contributed by atoms with van der Waals surface area (Å²) in [5.41, 5.74) is 11.4. The average Bonchev–Trinajstić information content (AvgIpc) is 3.14. The van der Waals surface area contributed by atoms with E-state index in [0.29, 0.717) is 17.7 Å². The van der Waals surface area contributed by atoms with Gasteiger partial charge in [-0.2, -0.15) is 0 Å². The molecule has 0 bridgehead atoms. The van der Waals surface area contributed by atoms with Crippen LogP contribution in [-0.4, -0.2) is 25.7 Å². The van der Waals surface area contributed by atoms with Crippen LogP contribution in [0.3, 0.4) is 0 Å². The van der Waals surface area contributed by atoms with E-state index in [-0.39, 0.29) is 5.11 Å². The molecule has 3 aromatic carbocycles. The van der Waals surface area contributed by atoms with Gasteiger partial charge in [0.15, 0.2) is 5.11 Å². The van der Waals surface area contributed by atoms with Crippen LogP contribution in [0.25, 0.3) is 22.2 Å². The molecular weight excluding hydrogens is 432 g/mol. The number of fused-ring (bicyclic) bond motifs is 1. The van der Waals surface area contributed by atoms with E-state index in [1.165, 1.54) is 0 Å². The van der Waals surface area contributed by atoms with Crippen molar-refractivity contribution in [2.24, 2.45) is 5.73 Å². The number of nitrogens with one attached hydrogen (secondary N) is 1. The van der Waals surface area contributed by atoms with E-state index >= 15 is 0 Å². The first-order chi connectivity index (χ1) is 16.0. The number of nitrogens with zero attached hydrogens (tertiary/aromatic N) is 2. The molecule has 1 heterocycles. The number of thiocarbonyl (C=S) groups is 1. The standard InChI is InChI=1S/C26H26N4O2S/c1-2-3-8-24-29-22-15-19(28-26(27)33)13-14-23(22)30(24)16-17-9-11-18(12-10-17)20-6-4-5-7-21(20)25(31)32/h4-7,9-15H,2-3,8,16H2,1H3,(H,31,32)(H3,27,28,33). The van der Waals surface area contributed by atoms with Gasteiger partial charge >= 0.3 is 5.97 Å². The molecule has 33 heavy (non-hydrogen) atoms. The molecule has 1 aromatic heterocycles. The minimum atomic E-state index is -0.926. The normalized spacial score (nSPS) is 10.9. The molecule has 0 radical (unpaired) electrons. The Hall–Kier alpha value is -3.71. The van der Waals surface area contributed by atoms with E-state index in [1.807, 2.05) is 54.6 Å². The monoisotopic (exact) mass is 458 g/mol. The number of hydrogen-bond donors (Lipinski definition) is 3. The number of aryl methyl sites for hydroxylation is 1. The van der Waals surface area contributed by atoms with Gasteiger partial charge in [0.25, 0.3) is 0 Å². The Morgan fingerprint density at radius 1 is 1.12 bits per heavy atom. The Bertz CT molecular complexity index is 1310. The lowest BCUT2D eigenvalue weighted by atomic mass is 9.99. The fraction of sp³-hybridized carbons (Fsp3) is 0.192. The predicted molar refractivity (Wildman–Crippen MR) is 137 cm³/mol. The number of carboxylic acids is 1. The Morgan fingerprint density at radius 3 is 2.58 bits per heavy atom. The lowest BCUT2D eigenvalue weighted by Gasteiger charge is -2.11. The van der Waals surface area contributed by atoms with E-state index in [4.69, 9.17) is 22.9 Å². The molecule has 0 atom stereocenters. The molecular formula is C26H26N4O2S. The molecule has 0 spiro atoms. The van der Waals surface area contributed by atoms with E-state index in [1.54, 1.807) is 12.1 Å². The zero-order chi connectivity index (χ0) is 23.4. The fourth-order valence-electron chi connectivity index (χ4n) is 4.00. The van der Waals surface area contributed by atoms with Crippen LogP contribution < -0.4 is 11.1 Å². The number of nitrogens with two attached hydrogens (primary N) is 1. The number of unbranched alkanes of at least 4 members (excludes halogenated alkanes) is 1. The fourth-order valence-corrected chi connectivity index (χ4v) is 4.11. The second-order valence-electron chi connectivity index (χ2n) is 7.96. The first kappa shape index (κ1) is 22.5. The number of aromatic nitrogens is 2. The first-order valence-corrected chi connectivity index (χ1v) is 11.3. The second-order valence-corrected chi connectivity index (χ2v) is 8.40. The van der Waals surface area contributed by atoms with Gasteiger partial charge in [0.1, 0.15) is 5.82 Å². The van der Waals surface area contributed by atoms with Gasteiger partial charge in [-0.25, -0.2) is 9.78 Å². The van der Waals surface area contributed by atoms with E-state index in [0.717, 1.165) is 52.9 Å². The SMILES string of the molecule is CCCCc1nc2cc(NC(N)=S)ccc2n1Cc1ccc(-c2ccccc2C(=O)O)cc1. The summed E-state index contributed by atoms with van der Waals surface area (Å²) >= 11 is 4.95. The van der Waals surface area contributed by atoms with Gasteiger partial charge < -0.3 is 20.7 Å². The highest BCUT2D eigenvalue weighted by Gasteiger charge is 2.13. The van der Waals surface area contributed by atoms with Crippen molar-refractivity contribution < 1.29 is 9.90 Å². The Kier molecular flexibility index (Phi) is 6.70. The van der Waals surface area contributed by atoms with Crippen molar-refractivity contribution in [1.29, 1.82) is 0 Å². The summed E-state index contributed by atoms with van der Waals surface area (Å²) < 4.78 is 2.25. The maximum absolute atomic E-state index is 11.6. The molecule has 4 N–H and O–H groups in total. The number of anilines is 1. The minimum Gasteiger partial charge on any atom is -0.478 e. The van der Waals surface area contributed by atoms with Crippen LogP contribution in [0.2, 0.25) is 0 Å². The average molecular weight is 459 g/mol. The van der Waals surface area contributed by atoms with Crippen molar-refractivity contribution in [1.82, 2.24) is 9.55 Å². The summed E-state index contributed by atoms with van der Waals surface area (Å²) in [5.74, 6) is 0.115. The van der Waals surface area contributed by atoms with Crippen molar-refractivity contribution >= 4 is 40.0 Å². The van der Waals surface area contributed by atoms with Crippen molar-refractivity contribution in [2.45, 2.75) is 32.7 Å². The number of aromatic carboxylic acids is 1. The largest absolute Gasteiger partial charge is 0.478 e. The number of hydrogen-bond acceptors (Lipinski definition) is 3. The molecule has 0 aliphatic heterocycles. The molecule has 0 unspecified atom stereocenters. The van der Waals surface area contributed by atoms with Gasteiger partial charge in [-0.3, -0.25) is 0 Å². The van der Waals surface area contributed by atoms with Gasteiger partial charge in [-0.1, -0.05) is 55.8 Å². The lowest BCUT2D eigenvalue weighted by molar-refractivity contribution is 0.0697. The van der Waals surface area contributed by atoms with Gasteiger partial charge in [0, 0.05) is 18.7 Å². The van der Waals surface area contributed by atoms with Gasteiger partial charge in [0.2, 0.25) is 0 Å². The molecule has 7 heteroatoms. The highest BCUT2D eigenvalue weighted by molar-refractivity contribution is 7.80. The third-order valence-electron chi connectivity index (χ3n) is 5.61.